The summed E-state index contributed by atoms with van der Waals surface area (Å²) in [6, 6.07) is 1.10. The third-order valence-electron chi connectivity index (χ3n) is 1.78. The first-order chi connectivity index (χ1) is 5.91. The van der Waals surface area contributed by atoms with E-state index in [1.165, 1.54) is 6.42 Å². The third-order valence-corrected chi connectivity index (χ3v) is 1.78. The fourth-order valence-corrected chi connectivity index (χ4v) is 1.46. The van der Waals surface area contributed by atoms with Crippen molar-refractivity contribution in [2.45, 2.75) is 66.2 Å². The molecule has 0 aliphatic rings. The van der Waals surface area contributed by atoms with Gasteiger partial charge in [-0.15, -0.1) is 0 Å². The maximum Gasteiger partial charge on any atom is 0.0578 e. The van der Waals surface area contributed by atoms with Crippen LogP contribution in [0.5, 0.6) is 0 Å². The molecule has 80 valence electrons. The molecule has 2 N–H and O–H groups in total. The molecule has 0 aromatic carbocycles. The molecule has 0 aliphatic heterocycles. The van der Waals surface area contributed by atoms with Gasteiger partial charge in [-0.2, -0.15) is 0 Å². The largest absolute Gasteiger partial charge is 0.300 e. The molecule has 0 fully saturated rings. The average molecular weight is 186 g/mol. The van der Waals surface area contributed by atoms with Gasteiger partial charge in [-0.3, -0.25) is 10.6 Å². The minimum atomic E-state index is 0.458. The van der Waals surface area contributed by atoms with Crippen LogP contribution < -0.4 is 10.6 Å². The van der Waals surface area contributed by atoms with E-state index >= 15 is 0 Å². The van der Waals surface area contributed by atoms with Crippen LogP contribution in [0.25, 0.3) is 0 Å². The van der Waals surface area contributed by atoms with Gasteiger partial charge in [-0.25, -0.2) is 0 Å². The second kappa shape index (κ2) is 6.39. The quantitative estimate of drug-likeness (QED) is 0.622. The Morgan fingerprint density at radius 2 is 1.15 bits per heavy atom. The van der Waals surface area contributed by atoms with E-state index in [1.807, 2.05) is 0 Å². The zero-order chi connectivity index (χ0) is 10.4. The summed E-state index contributed by atoms with van der Waals surface area (Å²) in [5, 5.41) is 7.06. The molecule has 2 heteroatoms. The van der Waals surface area contributed by atoms with Gasteiger partial charge in [0.2, 0.25) is 0 Å². The molecule has 0 aliphatic carbocycles. The molecule has 0 aromatic rings. The van der Waals surface area contributed by atoms with Gasteiger partial charge in [0.05, 0.1) is 6.17 Å². The van der Waals surface area contributed by atoms with Gasteiger partial charge in [0, 0.05) is 12.1 Å². The molecule has 0 spiro atoms. The van der Waals surface area contributed by atoms with Crippen LogP contribution in [0, 0.1) is 5.92 Å². The Labute approximate surface area is 83.5 Å². The van der Waals surface area contributed by atoms with Crippen molar-refractivity contribution in [3.8, 4) is 0 Å². The van der Waals surface area contributed by atoms with E-state index in [1.54, 1.807) is 0 Å². The fraction of sp³-hybridized carbons (Fsp3) is 1.00. The molecule has 13 heavy (non-hydrogen) atoms. The Balaban J connectivity index is 3.87. The Morgan fingerprint density at radius 1 is 0.769 bits per heavy atom. The van der Waals surface area contributed by atoms with Gasteiger partial charge >= 0.3 is 0 Å². The van der Waals surface area contributed by atoms with Crippen LogP contribution >= 0.6 is 0 Å². The monoisotopic (exact) mass is 186 g/mol. The minimum Gasteiger partial charge on any atom is -0.300 e. The maximum atomic E-state index is 3.53. The van der Waals surface area contributed by atoms with E-state index in [0.29, 0.717) is 18.2 Å². The molecular formula is C11H26N2. The molecular weight excluding hydrogens is 160 g/mol. The SMILES string of the molecule is CC(C)CC(NC(C)C)NC(C)C. The van der Waals surface area contributed by atoms with Crippen molar-refractivity contribution in [1.82, 2.24) is 10.6 Å². The highest BCUT2D eigenvalue weighted by Gasteiger charge is 2.11. The first kappa shape index (κ1) is 12.9. The van der Waals surface area contributed by atoms with Gasteiger partial charge in [0.1, 0.15) is 0 Å². The fourth-order valence-electron chi connectivity index (χ4n) is 1.46. The molecule has 0 bridgehead atoms. The number of hydrogen-bond acceptors (Lipinski definition) is 2. The summed E-state index contributed by atoms with van der Waals surface area (Å²) in [6.07, 6.45) is 1.65. The van der Waals surface area contributed by atoms with Gasteiger partial charge in [0.25, 0.3) is 0 Å². The van der Waals surface area contributed by atoms with Crippen LogP contribution in [0.2, 0.25) is 0 Å². The Hall–Kier alpha value is -0.0800. The Morgan fingerprint density at radius 3 is 1.38 bits per heavy atom. The summed E-state index contributed by atoms with van der Waals surface area (Å²) in [6.45, 7) is 13.3. The lowest BCUT2D eigenvalue weighted by Gasteiger charge is -2.26. The second-order valence-corrected chi connectivity index (χ2v) is 4.82. The normalized spacial score (nSPS) is 12.5. The van der Waals surface area contributed by atoms with Gasteiger partial charge in [0.15, 0.2) is 0 Å². The van der Waals surface area contributed by atoms with Gasteiger partial charge in [-0.05, 0) is 40.0 Å². The lowest BCUT2D eigenvalue weighted by Crippen LogP contribution is -2.48. The van der Waals surface area contributed by atoms with E-state index in [0.717, 1.165) is 5.92 Å². The molecule has 0 unspecified atom stereocenters. The third kappa shape index (κ3) is 8.26. The predicted octanol–water partition coefficient (Wildman–Crippen LogP) is 2.35. The highest BCUT2D eigenvalue weighted by Crippen LogP contribution is 2.04. The summed E-state index contributed by atoms with van der Waals surface area (Å²) >= 11 is 0. The van der Waals surface area contributed by atoms with Crippen LogP contribution in [0.15, 0.2) is 0 Å². The summed E-state index contributed by atoms with van der Waals surface area (Å²) < 4.78 is 0. The summed E-state index contributed by atoms with van der Waals surface area (Å²) in [5.41, 5.74) is 0. The molecule has 0 amide bonds. The van der Waals surface area contributed by atoms with Crippen LogP contribution in [-0.4, -0.2) is 18.2 Å². The number of rotatable bonds is 6. The van der Waals surface area contributed by atoms with E-state index in [2.05, 4.69) is 52.2 Å². The van der Waals surface area contributed by atoms with Crippen molar-refractivity contribution in [3.63, 3.8) is 0 Å². The first-order valence-corrected chi connectivity index (χ1v) is 5.44. The zero-order valence-electron chi connectivity index (χ0n) is 10.0. The molecule has 0 saturated carbocycles. The van der Waals surface area contributed by atoms with E-state index < -0.39 is 0 Å². The molecule has 0 atom stereocenters. The standard InChI is InChI=1S/C11H26N2/c1-8(2)7-11(12-9(3)4)13-10(5)6/h8-13H,7H2,1-6H3. The topological polar surface area (TPSA) is 24.1 Å². The number of hydrogen-bond donors (Lipinski definition) is 2. The second-order valence-electron chi connectivity index (χ2n) is 4.82. The van der Waals surface area contributed by atoms with Crippen molar-refractivity contribution in [2.75, 3.05) is 0 Å². The number of nitrogens with one attached hydrogen (secondary N) is 2. The van der Waals surface area contributed by atoms with Crippen molar-refractivity contribution < 1.29 is 0 Å². The Kier molecular flexibility index (Phi) is 6.35. The highest BCUT2D eigenvalue weighted by atomic mass is 15.1. The smallest absolute Gasteiger partial charge is 0.0578 e. The first-order valence-electron chi connectivity index (χ1n) is 5.44. The molecule has 0 rings (SSSR count). The van der Waals surface area contributed by atoms with Crippen molar-refractivity contribution >= 4 is 0 Å². The van der Waals surface area contributed by atoms with Crippen LogP contribution in [0.4, 0.5) is 0 Å². The molecule has 0 saturated heterocycles. The van der Waals surface area contributed by atoms with Crippen molar-refractivity contribution in [1.29, 1.82) is 0 Å². The van der Waals surface area contributed by atoms with E-state index in [4.69, 9.17) is 0 Å². The van der Waals surface area contributed by atoms with E-state index in [-0.39, 0.29) is 0 Å². The van der Waals surface area contributed by atoms with Crippen LogP contribution in [0.3, 0.4) is 0 Å². The molecule has 0 aromatic heterocycles. The molecule has 0 radical (unpaired) electrons. The summed E-state index contributed by atoms with van der Waals surface area (Å²) in [5.74, 6) is 0.738. The highest BCUT2D eigenvalue weighted by molar-refractivity contribution is 4.70. The van der Waals surface area contributed by atoms with Crippen LogP contribution in [-0.2, 0) is 0 Å². The Bertz CT molecular complexity index is 95.5. The van der Waals surface area contributed by atoms with Crippen molar-refractivity contribution in [3.05, 3.63) is 0 Å². The maximum absolute atomic E-state index is 3.53. The van der Waals surface area contributed by atoms with E-state index in [9.17, 15) is 0 Å². The van der Waals surface area contributed by atoms with Gasteiger partial charge < -0.3 is 0 Å². The molecule has 0 heterocycles. The van der Waals surface area contributed by atoms with Crippen molar-refractivity contribution in [2.24, 2.45) is 5.92 Å². The molecule has 2 nitrogen and oxygen atoms in total. The van der Waals surface area contributed by atoms with Gasteiger partial charge in [-0.1, -0.05) is 13.8 Å². The average Bonchev–Trinajstić information content (AvgIpc) is 1.80. The lowest BCUT2D eigenvalue weighted by molar-refractivity contribution is 0.317. The summed E-state index contributed by atoms with van der Waals surface area (Å²) in [7, 11) is 0. The lowest BCUT2D eigenvalue weighted by atomic mass is 10.1. The predicted molar refractivity (Wildman–Crippen MR) is 59.8 cm³/mol. The zero-order valence-corrected chi connectivity index (χ0v) is 10.0. The summed E-state index contributed by atoms with van der Waals surface area (Å²) in [4.78, 5) is 0. The minimum absolute atomic E-state index is 0.458. The van der Waals surface area contributed by atoms with Crippen LogP contribution in [0.1, 0.15) is 48.0 Å².